The fourth-order valence-corrected chi connectivity index (χ4v) is 7.49. The molecule has 0 saturated carbocycles. The maximum atomic E-state index is 15.5. The van der Waals surface area contributed by atoms with Gasteiger partial charge in [-0.05, 0) is 68.0 Å². The van der Waals surface area contributed by atoms with Gasteiger partial charge in [-0.25, -0.2) is 22.2 Å². The van der Waals surface area contributed by atoms with Gasteiger partial charge >= 0.3 is 6.18 Å². The summed E-state index contributed by atoms with van der Waals surface area (Å²) in [5.41, 5.74) is -4.25. The highest BCUT2D eigenvalue weighted by Crippen LogP contribution is 2.55. The molecule has 3 aromatic heterocycles. The highest BCUT2D eigenvalue weighted by Gasteiger charge is 2.57. The Morgan fingerprint density at radius 2 is 1.74 bits per heavy atom. The van der Waals surface area contributed by atoms with E-state index >= 15 is 8.78 Å². The van der Waals surface area contributed by atoms with Crippen LogP contribution in [0.3, 0.4) is 0 Å². The molecule has 3 heterocycles. The third-order valence-electron chi connectivity index (χ3n) is 9.34. The number of aromatic nitrogens is 5. The number of anilines is 1. The van der Waals surface area contributed by atoms with Gasteiger partial charge in [-0.1, -0.05) is 37.4 Å². The average Bonchev–Trinajstić information content (AvgIpc) is 3.72. The average molecular weight is 840 g/mol. The standard InChI is InChI=1S/C37H33ClF7N7O4S/c1-17-18(2)36(41,42)33-28(17)32(37(43,44)45)50-52(33)16-27(53)47-26(14-19-12-20(39)15-21(40)13-19)30-23(7-6-22(46-30)10-11-35(3,4)54)24-8-9-25(38)29-31(24)48-49-34(29)51-57(5,55)56/h6-9,12-13,15,17-18,26,54H,14,16H2,1-5H3,(H,47,53)(H2,48,49,51)/t17-,18+,26-/m0/s1. The lowest BCUT2D eigenvalue weighted by molar-refractivity contribution is -0.143. The fourth-order valence-electron chi connectivity index (χ4n) is 6.74. The lowest BCUT2D eigenvalue weighted by Gasteiger charge is -2.23. The molecule has 11 nitrogen and oxygen atoms in total. The van der Waals surface area contributed by atoms with E-state index in [1.165, 1.54) is 45.0 Å². The predicted molar refractivity (Wildman–Crippen MR) is 196 cm³/mol. The van der Waals surface area contributed by atoms with Gasteiger partial charge in [-0.15, -0.1) is 0 Å². The Labute approximate surface area is 326 Å². The van der Waals surface area contributed by atoms with E-state index < -0.39 is 93.1 Å². The summed E-state index contributed by atoms with van der Waals surface area (Å²) in [5.74, 6) is -4.54. The largest absolute Gasteiger partial charge is 0.435 e. The van der Waals surface area contributed by atoms with Gasteiger partial charge in [0, 0.05) is 28.7 Å². The number of nitrogens with one attached hydrogen (secondary N) is 3. The van der Waals surface area contributed by atoms with Crippen molar-refractivity contribution in [2.75, 3.05) is 11.0 Å². The summed E-state index contributed by atoms with van der Waals surface area (Å²) in [5, 5.41) is 23.3. The number of benzene rings is 2. The predicted octanol–water partition coefficient (Wildman–Crippen LogP) is 7.21. The lowest BCUT2D eigenvalue weighted by atomic mass is 9.93. The molecule has 0 radical (unpaired) electrons. The fraction of sp³-hybridized carbons (Fsp3) is 0.351. The molecule has 0 aliphatic heterocycles. The Morgan fingerprint density at radius 1 is 1.09 bits per heavy atom. The van der Waals surface area contributed by atoms with Crippen molar-refractivity contribution in [1.82, 2.24) is 30.3 Å². The first kappa shape index (κ1) is 41.4. The molecule has 3 atom stereocenters. The van der Waals surface area contributed by atoms with Gasteiger partial charge in [0.2, 0.25) is 15.9 Å². The van der Waals surface area contributed by atoms with Crippen LogP contribution in [0.15, 0.2) is 42.5 Å². The second-order valence-corrected chi connectivity index (χ2v) is 16.5. The highest BCUT2D eigenvalue weighted by molar-refractivity contribution is 7.92. The van der Waals surface area contributed by atoms with Crippen molar-refractivity contribution in [1.29, 1.82) is 0 Å². The third-order valence-corrected chi connectivity index (χ3v) is 10.2. The Kier molecular flexibility index (Phi) is 10.6. The van der Waals surface area contributed by atoms with Crippen LogP contribution in [-0.2, 0) is 39.9 Å². The van der Waals surface area contributed by atoms with Crippen LogP contribution in [0.1, 0.15) is 73.6 Å². The van der Waals surface area contributed by atoms with E-state index in [0.29, 0.717) is 10.7 Å². The first-order valence-electron chi connectivity index (χ1n) is 17.1. The second-order valence-electron chi connectivity index (χ2n) is 14.3. The highest BCUT2D eigenvalue weighted by atomic mass is 35.5. The van der Waals surface area contributed by atoms with Crippen LogP contribution in [0.5, 0.6) is 0 Å². The molecule has 1 aliphatic carbocycles. The van der Waals surface area contributed by atoms with Gasteiger partial charge in [0.1, 0.15) is 35.2 Å². The Bertz CT molecular complexity index is 2570. The number of alkyl halides is 5. The summed E-state index contributed by atoms with van der Waals surface area (Å²) < 4.78 is 129. The number of halogens is 8. The van der Waals surface area contributed by atoms with Gasteiger partial charge in [0.05, 0.1) is 33.9 Å². The summed E-state index contributed by atoms with van der Waals surface area (Å²) in [6.45, 7) is 4.00. The van der Waals surface area contributed by atoms with E-state index in [4.69, 9.17) is 11.6 Å². The number of aliphatic hydroxyl groups is 1. The number of amides is 1. The van der Waals surface area contributed by atoms with E-state index in [2.05, 4.69) is 42.2 Å². The molecule has 302 valence electrons. The van der Waals surface area contributed by atoms with Crippen molar-refractivity contribution in [2.24, 2.45) is 5.92 Å². The van der Waals surface area contributed by atoms with Crippen molar-refractivity contribution in [3.63, 3.8) is 0 Å². The van der Waals surface area contributed by atoms with E-state index in [1.807, 2.05) is 0 Å². The molecule has 4 N–H and O–H groups in total. The van der Waals surface area contributed by atoms with E-state index in [-0.39, 0.29) is 49.8 Å². The molecule has 0 unspecified atom stereocenters. The van der Waals surface area contributed by atoms with Crippen molar-refractivity contribution in [3.8, 4) is 23.0 Å². The SMILES string of the molecule is C[C@@H]1c2c(C(F)(F)F)nn(CC(=O)N[C@@H](Cc3cc(F)cc(F)c3)c3nc(C#CC(C)(C)O)ccc3-c3ccc(Cl)c4c(NS(C)(=O)=O)n[nH]c34)c2C(F)(F)[C@@H]1C. The number of pyridine rings is 1. The van der Waals surface area contributed by atoms with Crippen LogP contribution >= 0.6 is 11.6 Å². The number of fused-ring (bicyclic) bond motifs is 2. The first-order valence-corrected chi connectivity index (χ1v) is 19.3. The zero-order valence-corrected chi connectivity index (χ0v) is 32.2. The van der Waals surface area contributed by atoms with Crippen LogP contribution in [0.2, 0.25) is 5.02 Å². The minimum Gasteiger partial charge on any atom is -0.378 e. The zero-order chi connectivity index (χ0) is 42.0. The minimum atomic E-state index is -5.12. The monoisotopic (exact) mass is 839 g/mol. The Morgan fingerprint density at radius 3 is 2.35 bits per heavy atom. The number of hydrogen-bond acceptors (Lipinski definition) is 7. The smallest absolute Gasteiger partial charge is 0.378 e. The van der Waals surface area contributed by atoms with E-state index in [0.717, 1.165) is 25.3 Å². The number of carbonyl (C=O) groups is 1. The lowest BCUT2D eigenvalue weighted by Crippen LogP contribution is -2.35. The summed E-state index contributed by atoms with van der Waals surface area (Å²) in [6.07, 6.45) is -4.65. The van der Waals surface area contributed by atoms with E-state index in [1.54, 1.807) is 0 Å². The van der Waals surface area contributed by atoms with Gasteiger partial charge in [-0.3, -0.25) is 19.3 Å². The molecular weight excluding hydrogens is 807 g/mol. The summed E-state index contributed by atoms with van der Waals surface area (Å²) in [7, 11) is -3.85. The van der Waals surface area contributed by atoms with Gasteiger partial charge in [-0.2, -0.15) is 32.1 Å². The molecule has 0 fully saturated rings. The molecule has 1 aliphatic rings. The molecule has 0 bridgehead atoms. The van der Waals surface area contributed by atoms with Crippen LogP contribution in [-0.4, -0.2) is 56.3 Å². The normalized spacial score (nSPS) is 17.2. The van der Waals surface area contributed by atoms with Gasteiger partial charge in [0.15, 0.2) is 11.5 Å². The molecule has 1 amide bonds. The van der Waals surface area contributed by atoms with Crippen molar-refractivity contribution in [3.05, 3.63) is 93.0 Å². The van der Waals surface area contributed by atoms with Crippen molar-refractivity contribution < 1.29 is 49.1 Å². The second kappa shape index (κ2) is 14.6. The minimum absolute atomic E-state index is 0.0190. The number of aromatic amines is 1. The number of carbonyl (C=O) groups excluding carboxylic acids is 1. The molecular formula is C37H33ClF7N7O4S. The molecule has 20 heteroatoms. The van der Waals surface area contributed by atoms with Crippen LogP contribution in [0, 0.1) is 29.4 Å². The Hall–Kier alpha value is -5.19. The van der Waals surface area contributed by atoms with Gasteiger partial charge < -0.3 is 10.4 Å². The Balaban J connectivity index is 1.53. The number of sulfonamides is 1. The van der Waals surface area contributed by atoms with E-state index in [9.17, 15) is 40.3 Å². The molecule has 57 heavy (non-hydrogen) atoms. The maximum absolute atomic E-state index is 15.5. The summed E-state index contributed by atoms with van der Waals surface area (Å²) in [4.78, 5) is 18.5. The van der Waals surface area contributed by atoms with Crippen LogP contribution in [0.4, 0.5) is 36.6 Å². The molecule has 0 spiro atoms. The summed E-state index contributed by atoms with van der Waals surface area (Å²) >= 11 is 6.48. The number of hydrogen-bond donors (Lipinski definition) is 4. The van der Waals surface area contributed by atoms with Crippen molar-refractivity contribution >= 4 is 44.3 Å². The topological polar surface area (TPSA) is 155 Å². The van der Waals surface area contributed by atoms with Crippen LogP contribution < -0.4 is 10.0 Å². The van der Waals surface area contributed by atoms with Crippen LogP contribution in [0.25, 0.3) is 22.0 Å². The molecule has 5 aromatic rings. The molecule has 2 aromatic carbocycles. The summed E-state index contributed by atoms with van der Waals surface area (Å²) in [6, 6.07) is 7.00. The zero-order valence-electron chi connectivity index (χ0n) is 30.6. The third kappa shape index (κ3) is 8.58. The molecule has 6 rings (SSSR count). The van der Waals surface area contributed by atoms with Crippen molar-refractivity contribution in [2.45, 2.75) is 70.3 Å². The number of nitrogens with zero attached hydrogens (tertiary/aromatic N) is 4. The number of H-pyrrole nitrogens is 1. The quantitative estimate of drug-likeness (QED) is 0.0904. The number of rotatable bonds is 9. The van der Waals surface area contributed by atoms with Gasteiger partial charge in [0.25, 0.3) is 5.92 Å². The molecule has 0 saturated heterocycles. The first-order chi connectivity index (χ1) is 26.3. The maximum Gasteiger partial charge on any atom is 0.435 e.